The molecular weight excluding hydrogens is 408 g/mol. The zero-order valence-electron chi connectivity index (χ0n) is 19.3. The molecule has 0 bridgehead atoms. The standard InChI is InChI=1S/C28H34N4O/c29-20-26(21-30)24-9-10-27-25(19-24)14-18-31(27)16-12-23-7-4-15-32(17-13-23)28(33)11-8-22-5-2-1-3-6-22/h1-3,5-6,9-10,14,18-21,23,29H,4,7-8,11-13,15-17,30H2/p+1/b26-21+,29-20?. The number of aromatic nitrogens is 1. The molecule has 1 saturated heterocycles. The summed E-state index contributed by atoms with van der Waals surface area (Å²) in [5, 5.41) is 6.88. The van der Waals surface area contributed by atoms with E-state index < -0.39 is 0 Å². The van der Waals surface area contributed by atoms with E-state index in [2.05, 4.69) is 52.1 Å². The maximum absolute atomic E-state index is 12.7. The molecule has 1 aliphatic heterocycles. The predicted molar refractivity (Wildman–Crippen MR) is 135 cm³/mol. The van der Waals surface area contributed by atoms with Crippen molar-refractivity contribution in [1.29, 1.82) is 0 Å². The Morgan fingerprint density at radius 2 is 1.94 bits per heavy atom. The van der Waals surface area contributed by atoms with Gasteiger partial charge in [-0.3, -0.25) is 10.2 Å². The van der Waals surface area contributed by atoms with Crippen LogP contribution in [-0.2, 0) is 17.8 Å². The van der Waals surface area contributed by atoms with E-state index in [0.717, 1.165) is 56.5 Å². The second-order valence-electron chi connectivity index (χ2n) is 9.02. The van der Waals surface area contributed by atoms with Crippen LogP contribution in [0.2, 0.25) is 0 Å². The molecule has 5 nitrogen and oxygen atoms in total. The van der Waals surface area contributed by atoms with Crippen LogP contribution in [0, 0.1) is 5.92 Å². The van der Waals surface area contributed by atoms with Gasteiger partial charge in [-0.2, -0.15) is 0 Å². The van der Waals surface area contributed by atoms with Crippen LogP contribution in [0.15, 0.2) is 67.0 Å². The summed E-state index contributed by atoms with van der Waals surface area (Å²) < 4.78 is 2.34. The Morgan fingerprint density at radius 1 is 1.09 bits per heavy atom. The number of rotatable bonds is 8. The Labute approximate surface area is 196 Å². The highest BCUT2D eigenvalue weighted by molar-refractivity contribution is 6.07. The Balaban J connectivity index is 1.29. The second-order valence-corrected chi connectivity index (χ2v) is 9.02. The van der Waals surface area contributed by atoms with Crippen molar-refractivity contribution in [3.05, 3.63) is 78.1 Å². The summed E-state index contributed by atoms with van der Waals surface area (Å²) >= 11 is 0. The van der Waals surface area contributed by atoms with Crippen LogP contribution in [-0.4, -0.2) is 34.7 Å². The van der Waals surface area contributed by atoms with E-state index in [1.54, 1.807) is 12.4 Å². The van der Waals surface area contributed by atoms with Gasteiger partial charge in [0.25, 0.3) is 0 Å². The van der Waals surface area contributed by atoms with Crippen molar-refractivity contribution in [1.82, 2.24) is 9.47 Å². The molecule has 1 aliphatic rings. The second kappa shape index (κ2) is 11.0. The van der Waals surface area contributed by atoms with E-state index in [1.165, 1.54) is 22.9 Å². The number of nitrogens with zero attached hydrogens (tertiary/aromatic N) is 2. The number of hydrogen-bond acceptors (Lipinski definition) is 2. The molecule has 4 N–H and O–H groups in total. The van der Waals surface area contributed by atoms with Crippen LogP contribution in [0.25, 0.3) is 16.5 Å². The van der Waals surface area contributed by atoms with Gasteiger partial charge in [-0.25, -0.2) is 0 Å². The molecule has 4 rings (SSSR count). The van der Waals surface area contributed by atoms with Crippen LogP contribution in [0.4, 0.5) is 0 Å². The maximum Gasteiger partial charge on any atom is 0.222 e. The van der Waals surface area contributed by atoms with Gasteiger partial charge in [-0.05, 0) is 67.3 Å². The lowest BCUT2D eigenvalue weighted by atomic mass is 9.97. The fourth-order valence-corrected chi connectivity index (χ4v) is 4.90. The van der Waals surface area contributed by atoms with Crippen molar-refractivity contribution in [3.8, 4) is 0 Å². The minimum Gasteiger partial charge on any atom is -0.404 e. The van der Waals surface area contributed by atoms with E-state index >= 15 is 0 Å². The van der Waals surface area contributed by atoms with Crippen molar-refractivity contribution < 1.29 is 10.2 Å². The van der Waals surface area contributed by atoms with Crippen LogP contribution < -0.4 is 11.1 Å². The molecule has 1 amide bonds. The highest BCUT2D eigenvalue weighted by atomic mass is 16.2. The van der Waals surface area contributed by atoms with E-state index in [0.29, 0.717) is 18.2 Å². The number of nitrogens with two attached hydrogens (primary N) is 2. The SMILES string of the molecule is N/C=C(\C=[NH2+])c1ccc2c(ccn2CCC2CCCN(C(=O)CCc3ccccc3)CC2)c1. The quantitative estimate of drug-likeness (QED) is 0.524. The van der Waals surface area contributed by atoms with Crippen LogP contribution in [0.3, 0.4) is 0 Å². The van der Waals surface area contributed by atoms with Crippen LogP contribution in [0.5, 0.6) is 0 Å². The Kier molecular flexibility index (Phi) is 7.61. The van der Waals surface area contributed by atoms with E-state index in [-0.39, 0.29) is 0 Å². The number of hydrogen-bond donors (Lipinski definition) is 2. The molecule has 0 spiro atoms. The van der Waals surface area contributed by atoms with Crippen molar-refractivity contribution in [2.75, 3.05) is 13.1 Å². The number of amides is 1. The summed E-state index contributed by atoms with van der Waals surface area (Å²) in [7, 11) is 0. The minimum absolute atomic E-state index is 0.298. The van der Waals surface area contributed by atoms with Crippen LogP contribution in [0.1, 0.15) is 43.2 Å². The molecule has 0 radical (unpaired) electrons. The zero-order chi connectivity index (χ0) is 23.0. The zero-order valence-corrected chi connectivity index (χ0v) is 19.3. The molecule has 1 fully saturated rings. The molecule has 1 unspecified atom stereocenters. The summed E-state index contributed by atoms with van der Waals surface area (Å²) in [5.41, 5.74) is 10.0. The summed E-state index contributed by atoms with van der Waals surface area (Å²) in [4.78, 5) is 14.8. The van der Waals surface area contributed by atoms with Gasteiger partial charge in [-0.15, -0.1) is 0 Å². The summed E-state index contributed by atoms with van der Waals surface area (Å²) in [6.45, 7) is 2.78. The Bertz CT molecular complexity index is 1120. The van der Waals surface area contributed by atoms with Gasteiger partial charge in [0.1, 0.15) is 0 Å². The van der Waals surface area contributed by atoms with E-state index in [1.807, 2.05) is 18.2 Å². The van der Waals surface area contributed by atoms with Gasteiger partial charge < -0.3 is 15.2 Å². The third kappa shape index (κ3) is 5.72. The van der Waals surface area contributed by atoms with Crippen molar-refractivity contribution >= 4 is 28.6 Å². The lowest BCUT2D eigenvalue weighted by Gasteiger charge is -2.21. The van der Waals surface area contributed by atoms with E-state index in [4.69, 9.17) is 11.1 Å². The first-order valence-corrected chi connectivity index (χ1v) is 12.1. The third-order valence-electron chi connectivity index (χ3n) is 6.91. The first-order chi connectivity index (χ1) is 16.2. The monoisotopic (exact) mass is 443 g/mol. The molecule has 33 heavy (non-hydrogen) atoms. The van der Waals surface area contributed by atoms with Crippen molar-refractivity contribution in [2.24, 2.45) is 11.7 Å². The van der Waals surface area contributed by atoms with Crippen LogP contribution >= 0.6 is 0 Å². The average Bonchev–Trinajstić information content (AvgIpc) is 3.10. The molecule has 2 heterocycles. The highest BCUT2D eigenvalue weighted by Gasteiger charge is 2.20. The fraction of sp³-hybridized carbons (Fsp3) is 0.357. The number of allylic oxidation sites excluding steroid dienone is 1. The van der Waals surface area contributed by atoms with Gasteiger partial charge in [0, 0.05) is 49.4 Å². The Morgan fingerprint density at radius 3 is 2.73 bits per heavy atom. The Hall–Kier alpha value is -3.34. The average molecular weight is 444 g/mol. The van der Waals surface area contributed by atoms with Gasteiger partial charge in [-0.1, -0.05) is 36.4 Å². The summed E-state index contributed by atoms with van der Waals surface area (Å²) in [6, 6.07) is 18.8. The van der Waals surface area contributed by atoms with Gasteiger partial charge in [0.05, 0.1) is 5.57 Å². The molecule has 1 atom stereocenters. The molecule has 172 valence electrons. The largest absolute Gasteiger partial charge is 0.404 e. The topological polar surface area (TPSA) is 76.8 Å². The minimum atomic E-state index is 0.298. The van der Waals surface area contributed by atoms with Crippen molar-refractivity contribution in [3.63, 3.8) is 0 Å². The molecule has 1 aromatic heterocycles. The molecule has 3 aromatic rings. The van der Waals surface area contributed by atoms with Gasteiger partial charge >= 0.3 is 0 Å². The number of carbonyl (C=O) groups is 1. The summed E-state index contributed by atoms with van der Waals surface area (Å²) in [5.74, 6) is 0.958. The molecule has 0 aliphatic carbocycles. The first kappa shape index (κ1) is 22.8. The maximum atomic E-state index is 12.7. The number of aryl methyl sites for hydroxylation is 2. The fourth-order valence-electron chi connectivity index (χ4n) is 4.90. The number of benzene rings is 2. The molecular formula is C28H35N4O+. The normalized spacial score (nSPS) is 17.2. The number of carbonyl (C=O) groups excluding carboxylic acids is 1. The predicted octanol–water partition coefficient (Wildman–Crippen LogP) is 3.42. The number of fused-ring (bicyclic) bond motifs is 1. The summed E-state index contributed by atoms with van der Waals surface area (Å²) in [6.07, 6.45) is 11.2. The van der Waals surface area contributed by atoms with Gasteiger partial charge in [0.15, 0.2) is 6.21 Å². The number of likely N-dealkylation sites (tertiary alicyclic amines) is 1. The lowest BCUT2D eigenvalue weighted by molar-refractivity contribution is -0.131. The molecule has 2 aromatic carbocycles. The molecule has 5 heteroatoms. The van der Waals surface area contributed by atoms with E-state index in [9.17, 15) is 4.79 Å². The molecule has 0 saturated carbocycles. The van der Waals surface area contributed by atoms with Gasteiger partial charge in [0.2, 0.25) is 5.91 Å². The smallest absolute Gasteiger partial charge is 0.222 e. The lowest BCUT2D eigenvalue weighted by Crippen LogP contribution is -2.32. The highest BCUT2D eigenvalue weighted by Crippen LogP contribution is 2.25. The van der Waals surface area contributed by atoms with Crippen molar-refractivity contribution in [2.45, 2.75) is 45.1 Å². The first-order valence-electron chi connectivity index (χ1n) is 12.1. The third-order valence-corrected chi connectivity index (χ3v) is 6.91.